The minimum absolute atomic E-state index is 0.0813. The summed E-state index contributed by atoms with van der Waals surface area (Å²) < 4.78 is 0. The third-order valence-electron chi connectivity index (χ3n) is 3.22. The fourth-order valence-corrected chi connectivity index (χ4v) is 1.84. The molecule has 0 atom stereocenters. The Labute approximate surface area is 104 Å². The van der Waals surface area contributed by atoms with E-state index in [4.69, 9.17) is 0 Å². The third-order valence-corrected chi connectivity index (χ3v) is 3.22. The van der Waals surface area contributed by atoms with Gasteiger partial charge in [-0.3, -0.25) is 9.59 Å². The largest absolute Gasteiger partial charge is 0.355 e. The molecule has 0 heterocycles. The summed E-state index contributed by atoms with van der Waals surface area (Å²) in [6.07, 6.45) is 5.55. The Morgan fingerprint density at radius 1 is 0.941 bits per heavy atom. The van der Waals surface area contributed by atoms with Gasteiger partial charge in [0.25, 0.3) is 0 Å². The molecule has 0 aromatic rings. The fraction of sp³-hybridized carbons (Fsp3) is 0.846. The molecule has 1 aliphatic carbocycles. The highest BCUT2D eigenvalue weighted by atomic mass is 16.2. The zero-order chi connectivity index (χ0) is 12.7. The fourth-order valence-electron chi connectivity index (χ4n) is 1.84. The lowest BCUT2D eigenvalue weighted by molar-refractivity contribution is -0.137. The lowest BCUT2D eigenvalue weighted by atomic mass is 10.1. The van der Waals surface area contributed by atoms with Crippen LogP contribution in [0.3, 0.4) is 0 Å². The molecule has 0 aromatic carbocycles. The Hall–Kier alpha value is -1.06. The van der Waals surface area contributed by atoms with E-state index in [2.05, 4.69) is 17.6 Å². The molecular weight excluding hydrogens is 216 g/mol. The van der Waals surface area contributed by atoms with Gasteiger partial charge < -0.3 is 10.6 Å². The molecule has 1 fully saturated rings. The van der Waals surface area contributed by atoms with Crippen molar-refractivity contribution in [3.8, 4) is 0 Å². The van der Waals surface area contributed by atoms with Crippen molar-refractivity contribution < 1.29 is 9.59 Å². The van der Waals surface area contributed by atoms with E-state index in [-0.39, 0.29) is 11.8 Å². The number of nitrogens with one attached hydrogen (secondary N) is 2. The van der Waals surface area contributed by atoms with Crippen molar-refractivity contribution >= 4 is 11.8 Å². The summed E-state index contributed by atoms with van der Waals surface area (Å²) in [7, 11) is 0. The highest BCUT2D eigenvalue weighted by Crippen LogP contribution is 2.46. The Morgan fingerprint density at radius 2 is 1.53 bits per heavy atom. The summed E-state index contributed by atoms with van der Waals surface area (Å²) in [5, 5.41) is 5.70. The minimum Gasteiger partial charge on any atom is -0.355 e. The first-order valence-corrected chi connectivity index (χ1v) is 6.74. The first-order chi connectivity index (χ1) is 8.17. The highest BCUT2D eigenvalue weighted by molar-refractivity contribution is 6.07. The smallest absolute Gasteiger partial charge is 0.235 e. The maximum atomic E-state index is 11.9. The standard InChI is InChI=1S/C13H24N2O2/c1-3-5-6-10-15-12(17)13(7-8-13)11(16)14-9-4-2/h3-10H2,1-2H3,(H,14,16)(H,15,17). The molecule has 4 heteroatoms. The summed E-state index contributed by atoms with van der Waals surface area (Å²) >= 11 is 0. The van der Waals surface area contributed by atoms with Crippen LogP contribution in [0.15, 0.2) is 0 Å². The molecule has 2 amide bonds. The molecule has 1 rings (SSSR count). The van der Waals surface area contributed by atoms with Crippen LogP contribution in [-0.2, 0) is 9.59 Å². The summed E-state index contributed by atoms with van der Waals surface area (Å²) in [5.41, 5.74) is -0.735. The van der Waals surface area contributed by atoms with Gasteiger partial charge in [0.2, 0.25) is 11.8 Å². The molecule has 0 unspecified atom stereocenters. The molecule has 0 saturated heterocycles. The second-order valence-electron chi connectivity index (χ2n) is 4.80. The molecule has 0 aliphatic heterocycles. The van der Waals surface area contributed by atoms with Gasteiger partial charge in [0, 0.05) is 13.1 Å². The number of hydrogen-bond donors (Lipinski definition) is 2. The Morgan fingerprint density at radius 3 is 2.00 bits per heavy atom. The predicted molar refractivity (Wildman–Crippen MR) is 67.5 cm³/mol. The Bertz CT molecular complexity index is 273. The van der Waals surface area contributed by atoms with E-state index in [0.29, 0.717) is 25.9 Å². The summed E-state index contributed by atoms with van der Waals surface area (Å²) in [6, 6.07) is 0. The van der Waals surface area contributed by atoms with E-state index >= 15 is 0 Å². The first kappa shape index (κ1) is 14.0. The van der Waals surface area contributed by atoms with Gasteiger partial charge in [-0.25, -0.2) is 0 Å². The van der Waals surface area contributed by atoms with Crippen molar-refractivity contribution in [3.05, 3.63) is 0 Å². The second kappa shape index (κ2) is 6.62. The molecule has 4 nitrogen and oxygen atoms in total. The molecule has 0 spiro atoms. The van der Waals surface area contributed by atoms with Gasteiger partial charge >= 0.3 is 0 Å². The predicted octanol–water partition coefficient (Wildman–Crippen LogP) is 1.60. The maximum Gasteiger partial charge on any atom is 0.235 e. The topological polar surface area (TPSA) is 58.2 Å². The van der Waals surface area contributed by atoms with Crippen molar-refractivity contribution in [2.24, 2.45) is 5.41 Å². The van der Waals surface area contributed by atoms with Crippen LogP contribution in [0.4, 0.5) is 0 Å². The lowest BCUT2D eigenvalue weighted by Gasteiger charge is -2.14. The van der Waals surface area contributed by atoms with Crippen LogP contribution >= 0.6 is 0 Å². The van der Waals surface area contributed by atoms with Gasteiger partial charge in [0.15, 0.2) is 0 Å². The monoisotopic (exact) mass is 240 g/mol. The highest BCUT2D eigenvalue weighted by Gasteiger charge is 2.56. The number of rotatable bonds is 8. The van der Waals surface area contributed by atoms with Crippen LogP contribution in [0.25, 0.3) is 0 Å². The average Bonchev–Trinajstić information content (AvgIpc) is 3.12. The van der Waals surface area contributed by atoms with E-state index < -0.39 is 5.41 Å². The lowest BCUT2D eigenvalue weighted by Crippen LogP contribution is -2.43. The van der Waals surface area contributed by atoms with Gasteiger partial charge in [-0.1, -0.05) is 26.7 Å². The van der Waals surface area contributed by atoms with Crippen LogP contribution in [0.5, 0.6) is 0 Å². The SMILES string of the molecule is CCCCCNC(=O)C1(C(=O)NCCC)CC1. The zero-order valence-electron chi connectivity index (χ0n) is 11.0. The van der Waals surface area contributed by atoms with Gasteiger partial charge in [0.1, 0.15) is 5.41 Å². The minimum atomic E-state index is -0.735. The molecule has 2 N–H and O–H groups in total. The van der Waals surface area contributed by atoms with Crippen molar-refractivity contribution in [2.45, 2.75) is 52.4 Å². The molecule has 17 heavy (non-hydrogen) atoms. The van der Waals surface area contributed by atoms with E-state index in [1.165, 1.54) is 0 Å². The van der Waals surface area contributed by atoms with Crippen molar-refractivity contribution in [3.63, 3.8) is 0 Å². The first-order valence-electron chi connectivity index (χ1n) is 6.74. The summed E-state index contributed by atoms with van der Waals surface area (Å²) in [6.45, 7) is 5.48. The average molecular weight is 240 g/mol. The molecular formula is C13H24N2O2. The van der Waals surface area contributed by atoms with Crippen LogP contribution in [0, 0.1) is 5.41 Å². The number of hydrogen-bond acceptors (Lipinski definition) is 2. The van der Waals surface area contributed by atoms with Gasteiger partial charge in [-0.15, -0.1) is 0 Å². The third kappa shape index (κ3) is 3.72. The normalized spacial score (nSPS) is 16.4. The molecule has 0 bridgehead atoms. The Balaban J connectivity index is 2.31. The van der Waals surface area contributed by atoms with E-state index in [1.807, 2.05) is 6.92 Å². The van der Waals surface area contributed by atoms with Crippen LogP contribution in [-0.4, -0.2) is 24.9 Å². The number of carbonyl (C=O) groups is 2. The van der Waals surface area contributed by atoms with E-state index in [1.54, 1.807) is 0 Å². The zero-order valence-corrected chi connectivity index (χ0v) is 11.0. The van der Waals surface area contributed by atoms with Crippen molar-refractivity contribution in [1.29, 1.82) is 0 Å². The summed E-state index contributed by atoms with van der Waals surface area (Å²) in [5.74, 6) is -0.172. The quantitative estimate of drug-likeness (QED) is 0.500. The van der Waals surface area contributed by atoms with Crippen LogP contribution < -0.4 is 10.6 Å². The van der Waals surface area contributed by atoms with Gasteiger partial charge in [-0.05, 0) is 25.7 Å². The molecule has 1 saturated carbocycles. The van der Waals surface area contributed by atoms with Gasteiger partial charge in [0.05, 0.1) is 0 Å². The Kier molecular flexibility index (Phi) is 5.45. The van der Waals surface area contributed by atoms with Crippen LogP contribution in [0.1, 0.15) is 52.4 Å². The number of carbonyl (C=O) groups excluding carboxylic acids is 2. The number of unbranched alkanes of at least 4 members (excludes halogenated alkanes) is 2. The molecule has 1 aliphatic rings. The van der Waals surface area contributed by atoms with Crippen molar-refractivity contribution in [1.82, 2.24) is 10.6 Å². The molecule has 0 aromatic heterocycles. The van der Waals surface area contributed by atoms with E-state index in [0.717, 1.165) is 25.7 Å². The van der Waals surface area contributed by atoms with Crippen molar-refractivity contribution in [2.75, 3.05) is 13.1 Å². The second-order valence-corrected chi connectivity index (χ2v) is 4.80. The number of amides is 2. The van der Waals surface area contributed by atoms with Crippen LogP contribution in [0.2, 0.25) is 0 Å². The van der Waals surface area contributed by atoms with Gasteiger partial charge in [-0.2, -0.15) is 0 Å². The molecule has 0 radical (unpaired) electrons. The van der Waals surface area contributed by atoms with E-state index in [9.17, 15) is 9.59 Å². The molecule has 98 valence electrons. The maximum absolute atomic E-state index is 11.9. The summed E-state index contributed by atoms with van der Waals surface area (Å²) in [4.78, 5) is 23.8.